The molecule has 3 aromatic rings. The lowest BCUT2D eigenvalue weighted by Crippen LogP contribution is -1.93. The number of nitrogens with zero attached hydrogens (tertiary/aromatic N) is 3. The van der Waals surface area contributed by atoms with Crippen molar-refractivity contribution < 1.29 is 0 Å². The van der Waals surface area contributed by atoms with E-state index >= 15 is 0 Å². The van der Waals surface area contributed by atoms with Crippen molar-refractivity contribution in [2.24, 2.45) is 0 Å². The first-order valence-electron chi connectivity index (χ1n) is 6.38. The monoisotopic (exact) mass is 252 g/mol. The van der Waals surface area contributed by atoms with Crippen LogP contribution < -0.4 is 5.73 Å². The van der Waals surface area contributed by atoms with Crippen LogP contribution in [0.25, 0.3) is 22.2 Å². The van der Waals surface area contributed by atoms with Crippen LogP contribution in [0, 0.1) is 6.92 Å². The Morgan fingerprint density at radius 3 is 2.79 bits per heavy atom. The Hall–Kier alpha value is -2.36. The Labute approximate surface area is 111 Å². The Bertz CT molecular complexity index is 743. The van der Waals surface area contributed by atoms with E-state index in [1.807, 2.05) is 48.1 Å². The Morgan fingerprint density at radius 1 is 1.26 bits per heavy atom. The van der Waals surface area contributed by atoms with Crippen molar-refractivity contribution in [2.45, 2.75) is 20.4 Å². The average Bonchev–Trinajstić information content (AvgIpc) is 2.80. The molecule has 0 amide bonds. The first-order valence-corrected chi connectivity index (χ1v) is 6.38. The maximum atomic E-state index is 6.12. The smallest absolute Gasteiger partial charge is 0.0764 e. The molecule has 4 nitrogen and oxygen atoms in total. The minimum atomic E-state index is 0.754. The molecule has 0 saturated heterocycles. The molecule has 0 aliphatic rings. The second-order valence-electron chi connectivity index (χ2n) is 4.60. The summed E-state index contributed by atoms with van der Waals surface area (Å²) in [7, 11) is 0. The zero-order valence-electron chi connectivity index (χ0n) is 11.1. The fraction of sp³-hybridized carbons (Fsp3) is 0.200. The van der Waals surface area contributed by atoms with E-state index in [2.05, 4.69) is 17.0 Å². The van der Waals surface area contributed by atoms with Crippen LogP contribution in [0.1, 0.15) is 12.6 Å². The van der Waals surface area contributed by atoms with Gasteiger partial charge in [0.1, 0.15) is 0 Å². The molecule has 2 heterocycles. The van der Waals surface area contributed by atoms with E-state index in [0.717, 1.165) is 40.1 Å². The van der Waals surface area contributed by atoms with Gasteiger partial charge in [-0.1, -0.05) is 18.2 Å². The molecule has 0 saturated carbocycles. The number of hydrogen-bond acceptors (Lipinski definition) is 3. The zero-order chi connectivity index (χ0) is 13.4. The van der Waals surface area contributed by atoms with Gasteiger partial charge in [-0.2, -0.15) is 5.10 Å². The standard InChI is InChI=1S/C15H16N4/c1-3-19-9-12(10(2)18-19)15-8-13(16)11-6-4-5-7-14(11)17-15/h4-9H,3H2,1-2H3,(H2,16,17). The van der Waals surface area contributed by atoms with Gasteiger partial charge in [0.2, 0.25) is 0 Å². The molecule has 1 aromatic carbocycles. The molecule has 0 spiro atoms. The SMILES string of the molecule is CCn1cc(-c2cc(N)c3ccccc3n2)c(C)n1. The van der Waals surface area contributed by atoms with E-state index in [1.54, 1.807) is 0 Å². The predicted octanol–water partition coefficient (Wildman–Crippen LogP) is 3.01. The maximum absolute atomic E-state index is 6.12. The fourth-order valence-electron chi connectivity index (χ4n) is 2.27. The van der Waals surface area contributed by atoms with Crippen LogP contribution in [-0.2, 0) is 6.54 Å². The molecule has 0 atom stereocenters. The summed E-state index contributed by atoms with van der Waals surface area (Å²) in [6.45, 7) is 4.91. The molecule has 2 N–H and O–H groups in total. The van der Waals surface area contributed by atoms with Gasteiger partial charge in [0.25, 0.3) is 0 Å². The van der Waals surface area contributed by atoms with Gasteiger partial charge in [-0.25, -0.2) is 4.98 Å². The van der Waals surface area contributed by atoms with Gasteiger partial charge in [0.05, 0.1) is 16.9 Å². The minimum absolute atomic E-state index is 0.754. The Balaban J connectivity index is 2.22. The molecule has 4 heteroatoms. The zero-order valence-corrected chi connectivity index (χ0v) is 11.1. The summed E-state index contributed by atoms with van der Waals surface area (Å²) in [5.41, 5.74) is 10.7. The van der Waals surface area contributed by atoms with E-state index < -0.39 is 0 Å². The summed E-state index contributed by atoms with van der Waals surface area (Å²) >= 11 is 0. The third kappa shape index (κ3) is 1.95. The number of aryl methyl sites for hydroxylation is 2. The summed E-state index contributed by atoms with van der Waals surface area (Å²) in [6, 6.07) is 9.84. The van der Waals surface area contributed by atoms with E-state index in [0.29, 0.717) is 0 Å². The van der Waals surface area contributed by atoms with Gasteiger partial charge in [0.15, 0.2) is 0 Å². The van der Waals surface area contributed by atoms with Crippen molar-refractivity contribution >= 4 is 16.6 Å². The normalized spacial score (nSPS) is 11.1. The molecular formula is C15H16N4. The summed E-state index contributed by atoms with van der Waals surface area (Å²) in [6.07, 6.45) is 2.02. The second kappa shape index (κ2) is 4.39. The second-order valence-corrected chi connectivity index (χ2v) is 4.60. The van der Waals surface area contributed by atoms with Crippen LogP contribution >= 0.6 is 0 Å². The minimum Gasteiger partial charge on any atom is -0.398 e. The van der Waals surface area contributed by atoms with Crippen LogP contribution in [0.3, 0.4) is 0 Å². The number of anilines is 1. The highest BCUT2D eigenvalue weighted by molar-refractivity contribution is 5.92. The third-order valence-electron chi connectivity index (χ3n) is 3.29. The molecule has 2 aromatic heterocycles. The number of hydrogen-bond donors (Lipinski definition) is 1. The van der Waals surface area contributed by atoms with E-state index in [1.165, 1.54) is 0 Å². The number of para-hydroxylation sites is 1. The number of rotatable bonds is 2. The molecule has 0 bridgehead atoms. The number of aromatic nitrogens is 3. The van der Waals surface area contributed by atoms with Gasteiger partial charge >= 0.3 is 0 Å². The summed E-state index contributed by atoms with van der Waals surface area (Å²) in [5.74, 6) is 0. The molecule has 3 rings (SSSR count). The Kier molecular flexibility index (Phi) is 2.71. The number of benzene rings is 1. The summed E-state index contributed by atoms with van der Waals surface area (Å²) < 4.78 is 1.91. The van der Waals surface area contributed by atoms with Crippen LogP contribution in [-0.4, -0.2) is 14.8 Å². The van der Waals surface area contributed by atoms with Crippen molar-refractivity contribution in [3.63, 3.8) is 0 Å². The topological polar surface area (TPSA) is 56.7 Å². The lowest BCUT2D eigenvalue weighted by Gasteiger charge is -2.05. The molecular weight excluding hydrogens is 236 g/mol. The molecule has 0 unspecified atom stereocenters. The lowest BCUT2D eigenvalue weighted by atomic mass is 10.1. The predicted molar refractivity (Wildman–Crippen MR) is 77.8 cm³/mol. The highest BCUT2D eigenvalue weighted by atomic mass is 15.3. The lowest BCUT2D eigenvalue weighted by molar-refractivity contribution is 0.653. The largest absolute Gasteiger partial charge is 0.398 e. The highest BCUT2D eigenvalue weighted by Crippen LogP contribution is 2.27. The van der Waals surface area contributed by atoms with Crippen molar-refractivity contribution in [1.82, 2.24) is 14.8 Å². The summed E-state index contributed by atoms with van der Waals surface area (Å²) in [5, 5.41) is 5.44. The van der Waals surface area contributed by atoms with Crippen LogP contribution in [0.15, 0.2) is 36.5 Å². The number of nitrogens with two attached hydrogens (primary N) is 1. The first kappa shape index (κ1) is 11.7. The molecule has 19 heavy (non-hydrogen) atoms. The van der Waals surface area contributed by atoms with Crippen molar-refractivity contribution in [2.75, 3.05) is 5.73 Å². The average molecular weight is 252 g/mol. The molecule has 0 aliphatic heterocycles. The molecule has 0 radical (unpaired) electrons. The number of fused-ring (bicyclic) bond motifs is 1. The maximum Gasteiger partial charge on any atom is 0.0764 e. The number of nitrogen functional groups attached to an aromatic ring is 1. The van der Waals surface area contributed by atoms with Gasteiger partial charge in [-0.3, -0.25) is 4.68 Å². The van der Waals surface area contributed by atoms with Gasteiger partial charge in [-0.15, -0.1) is 0 Å². The quantitative estimate of drug-likeness (QED) is 0.762. The van der Waals surface area contributed by atoms with Crippen molar-refractivity contribution in [3.05, 3.63) is 42.2 Å². The van der Waals surface area contributed by atoms with Crippen LogP contribution in [0.4, 0.5) is 5.69 Å². The van der Waals surface area contributed by atoms with Crippen LogP contribution in [0.5, 0.6) is 0 Å². The molecule has 0 fully saturated rings. The van der Waals surface area contributed by atoms with Crippen molar-refractivity contribution in [3.8, 4) is 11.3 Å². The number of pyridine rings is 1. The third-order valence-corrected chi connectivity index (χ3v) is 3.29. The molecule has 96 valence electrons. The van der Waals surface area contributed by atoms with Crippen LogP contribution in [0.2, 0.25) is 0 Å². The van der Waals surface area contributed by atoms with E-state index in [-0.39, 0.29) is 0 Å². The first-order chi connectivity index (χ1) is 9.19. The molecule has 0 aliphatic carbocycles. The van der Waals surface area contributed by atoms with Gasteiger partial charge in [-0.05, 0) is 26.0 Å². The van der Waals surface area contributed by atoms with Gasteiger partial charge < -0.3 is 5.73 Å². The van der Waals surface area contributed by atoms with Gasteiger partial charge in [0, 0.05) is 29.4 Å². The fourth-order valence-corrected chi connectivity index (χ4v) is 2.27. The highest BCUT2D eigenvalue weighted by Gasteiger charge is 2.10. The van der Waals surface area contributed by atoms with E-state index in [9.17, 15) is 0 Å². The van der Waals surface area contributed by atoms with E-state index in [4.69, 9.17) is 5.73 Å². The summed E-state index contributed by atoms with van der Waals surface area (Å²) in [4.78, 5) is 4.68. The Morgan fingerprint density at radius 2 is 2.05 bits per heavy atom. The van der Waals surface area contributed by atoms with Crippen molar-refractivity contribution in [1.29, 1.82) is 0 Å².